The first-order chi connectivity index (χ1) is 11.9. The summed E-state index contributed by atoms with van der Waals surface area (Å²) in [5, 5.41) is 1.15. The molecule has 1 saturated heterocycles. The number of amides is 1. The fourth-order valence-corrected chi connectivity index (χ4v) is 3.35. The third-order valence-electron chi connectivity index (χ3n) is 4.90. The van der Waals surface area contributed by atoms with Gasteiger partial charge >= 0.3 is 0 Å². The summed E-state index contributed by atoms with van der Waals surface area (Å²) in [5.41, 5.74) is 2.17. The van der Waals surface area contributed by atoms with Crippen molar-refractivity contribution in [2.45, 2.75) is 20.3 Å². The topological polar surface area (TPSA) is 45.6 Å². The fourth-order valence-electron chi connectivity index (χ4n) is 3.35. The van der Waals surface area contributed by atoms with Gasteiger partial charge in [-0.15, -0.1) is 0 Å². The minimum Gasteiger partial charge on any atom is -0.341 e. The Hall–Kier alpha value is -2.14. The molecule has 1 aromatic carbocycles. The molecule has 3 rings (SSSR count). The number of carbonyl (C=O) groups excluding carboxylic acids is 2. The zero-order valence-corrected chi connectivity index (χ0v) is 15.5. The molecule has 0 spiro atoms. The Balaban J connectivity index is 1.79. The lowest BCUT2D eigenvalue weighted by Crippen LogP contribution is -2.55. The summed E-state index contributed by atoms with van der Waals surface area (Å²) in [6, 6.07) is 8.07. The van der Waals surface area contributed by atoms with Crippen molar-refractivity contribution in [2.24, 2.45) is 11.8 Å². The number of fused-ring (bicyclic) bond motifs is 1. The highest BCUT2D eigenvalue weighted by Crippen LogP contribution is 2.26. The Morgan fingerprint density at radius 2 is 1.88 bits per heavy atom. The van der Waals surface area contributed by atoms with Gasteiger partial charge in [-0.1, -0.05) is 32.0 Å². The number of nitrogens with zero attached hydrogens (tertiary/aromatic N) is 3. The van der Waals surface area contributed by atoms with Gasteiger partial charge in [-0.05, 0) is 32.1 Å². The van der Waals surface area contributed by atoms with Crippen molar-refractivity contribution in [3.63, 3.8) is 0 Å². The molecule has 0 radical (unpaired) electrons. The third-order valence-corrected chi connectivity index (χ3v) is 4.90. The Bertz CT molecular complexity index is 785. The van der Waals surface area contributed by atoms with Crippen molar-refractivity contribution in [2.75, 3.05) is 33.7 Å². The van der Waals surface area contributed by atoms with E-state index in [1.807, 2.05) is 38.2 Å². The number of aromatic nitrogens is 1. The summed E-state index contributed by atoms with van der Waals surface area (Å²) < 4.78 is 1.79. The van der Waals surface area contributed by atoms with Gasteiger partial charge in [-0.3, -0.25) is 14.2 Å². The van der Waals surface area contributed by atoms with Gasteiger partial charge in [0, 0.05) is 37.1 Å². The molecule has 0 N–H and O–H groups in total. The first-order valence-electron chi connectivity index (χ1n) is 8.95. The second kappa shape index (κ2) is 7.00. The molecule has 0 saturated carbocycles. The van der Waals surface area contributed by atoms with Gasteiger partial charge in [0.15, 0.2) is 0 Å². The van der Waals surface area contributed by atoms with E-state index in [0.717, 1.165) is 23.9 Å². The maximum absolute atomic E-state index is 12.9. The van der Waals surface area contributed by atoms with Crippen molar-refractivity contribution in [3.8, 4) is 0 Å². The van der Waals surface area contributed by atoms with Crippen molar-refractivity contribution >= 4 is 22.7 Å². The molecule has 0 unspecified atom stereocenters. The largest absolute Gasteiger partial charge is 0.341 e. The van der Waals surface area contributed by atoms with Crippen molar-refractivity contribution in [3.05, 3.63) is 36.0 Å². The number of hydrogen-bond donors (Lipinski definition) is 0. The van der Waals surface area contributed by atoms with Gasteiger partial charge in [0.2, 0.25) is 11.8 Å². The molecule has 1 amide bonds. The number of para-hydroxylation sites is 1. The maximum Gasteiger partial charge on any atom is 0.237 e. The average Bonchev–Trinajstić information content (AvgIpc) is 2.90. The molecule has 1 fully saturated rings. The zero-order chi connectivity index (χ0) is 18.1. The van der Waals surface area contributed by atoms with E-state index in [-0.39, 0.29) is 23.7 Å². The fraction of sp³-hybridized carbons (Fsp3) is 0.500. The minimum atomic E-state index is -0.0970. The number of benzene rings is 1. The van der Waals surface area contributed by atoms with Gasteiger partial charge < -0.3 is 9.80 Å². The average molecular weight is 341 g/mol. The first-order valence-corrected chi connectivity index (χ1v) is 8.95. The molecule has 134 valence electrons. The molecule has 25 heavy (non-hydrogen) atoms. The van der Waals surface area contributed by atoms with E-state index >= 15 is 0 Å². The molecular formula is C20H27N3O2. The van der Waals surface area contributed by atoms with Crippen LogP contribution >= 0.6 is 0 Å². The predicted octanol–water partition coefficient (Wildman–Crippen LogP) is 2.50. The van der Waals surface area contributed by atoms with E-state index in [1.165, 1.54) is 5.56 Å². The van der Waals surface area contributed by atoms with Crippen LogP contribution in [0.25, 0.3) is 10.9 Å². The highest BCUT2D eigenvalue weighted by atomic mass is 16.2. The zero-order valence-electron chi connectivity index (χ0n) is 15.5. The normalized spacial score (nSPS) is 15.2. The van der Waals surface area contributed by atoms with E-state index in [2.05, 4.69) is 25.1 Å². The van der Waals surface area contributed by atoms with Crippen LogP contribution in [0.4, 0.5) is 0 Å². The molecule has 0 aliphatic carbocycles. The molecule has 5 heteroatoms. The van der Waals surface area contributed by atoms with Crippen LogP contribution in [0.15, 0.2) is 30.5 Å². The summed E-state index contributed by atoms with van der Waals surface area (Å²) >= 11 is 0. The second-order valence-corrected chi connectivity index (χ2v) is 7.53. The molecular weight excluding hydrogens is 314 g/mol. The molecule has 2 aromatic rings. The van der Waals surface area contributed by atoms with E-state index in [1.54, 1.807) is 9.47 Å². The van der Waals surface area contributed by atoms with Crippen LogP contribution in [-0.4, -0.2) is 59.9 Å². The molecule has 0 bridgehead atoms. The Kier molecular flexibility index (Phi) is 4.95. The molecule has 5 nitrogen and oxygen atoms in total. The molecule has 1 aliphatic heterocycles. The molecule has 2 heterocycles. The lowest BCUT2D eigenvalue weighted by Gasteiger charge is -2.39. The van der Waals surface area contributed by atoms with E-state index < -0.39 is 0 Å². The Labute approximate surface area is 149 Å². The highest BCUT2D eigenvalue weighted by molar-refractivity contribution is 5.96. The van der Waals surface area contributed by atoms with Crippen LogP contribution in [0.5, 0.6) is 0 Å². The van der Waals surface area contributed by atoms with Crippen LogP contribution in [0.3, 0.4) is 0 Å². The smallest absolute Gasteiger partial charge is 0.237 e. The van der Waals surface area contributed by atoms with Crippen LogP contribution in [0, 0.1) is 11.8 Å². The van der Waals surface area contributed by atoms with Crippen LogP contribution < -0.4 is 0 Å². The first kappa shape index (κ1) is 17.7. The summed E-state index contributed by atoms with van der Waals surface area (Å²) in [7, 11) is 4.11. The molecule has 0 atom stereocenters. The SMILES string of the molecule is CC(C)C(=O)N1CC(C(=O)n2cc(CCN(C)C)c3ccccc32)C1. The van der Waals surface area contributed by atoms with E-state index in [4.69, 9.17) is 0 Å². The van der Waals surface area contributed by atoms with Gasteiger partial charge in [-0.25, -0.2) is 0 Å². The Morgan fingerprint density at radius 1 is 1.20 bits per heavy atom. The lowest BCUT2D eigenvalue weighted by molar-refractivity contribution is -0.139. The molecule has 1 aromatic heterocycles. The van der Waals surface area contributed by atoms with Crippen LogP contribution in [-0.2, 0) is 11.2 Å². The summed E-state index contributed by atoms with van der Waals surface area (Å²) in [6.07, 6.45) is 2.90. The summed E-state index contributed by atoms with van der Waals surface area (Å²) in [6.45, 7) is 5.81. The van der Waals surface area contributed by atoms with Gasteiger partial charge in [0.25, 0.3) is 0 Å². The number of likely N-dealkylation sites (tertiary alicyclic amines) is 1. The number of hydrogen-bond acceptors (Lipinski definition) is 3. The van der Waals surface area contributed by atoms with Gasteiger partial charge in [0.05, 0.1) is 11.4 Å². The standard InChI is InChI=1S/C20H27N3O2/c1-14(2)19(24)22-11-16(12-22)20(25)23-13-15(9-10-21(3)4)17-7-5-6-8-18(17)23/h5-8,13-14,16H,9-12H2,1-4H3. The quantitative estimate of drug-likeness (QED) is 0.839. The number of rotatable bonds is 5. The van der Waals surface area contributed by atoms with Crippen LogP contribution in [0.2, 0.25) is 0 Å². The number of likely N-dealkylation sites (N-methyl/N-ethyl adjacent to an activating group) is 1. The monoisotopic (exact) mass is 341 g/mol. The summed E-state index contributed by atoms with van der Waals surface area (Å²) in [5.74, 6) is 0.120. The van der Waals surface area contributed by atoms with Crippen LogP contribution in [0.1, 0.15) is 24.2 Å². The number of carbonyl (C=O) groups is 2. The van der Waals surface area contributed by atoms with Crippen molar-refractivity contribution < 1.29 is 9.59 Å². The van der Waals surface area contributed by atoms with E-state index in [0.29, 0.717) is 13.1 Å². The lowest BCUT2D eigenvalue weighted by atomic mass is 9.97. The third kappa shape index (κ3) is 3.47. The summed E-state index contributed by atoms with van der Waals surface area (Å²) in [4.78, 5) is 28.9. The molecule has 1 aliphatic rings. The highest BCUT2D eigenvalue weighted by Gasteiger charge is 2.37. The van der Waals surface area contributed by atoms with Gasteiger partial charge in [-0.2, -0.15) is 0 Å². The van der Waals surface area contributed by atoms with Gasteiger partial charge in [0.1, 0.15) is 0 Å². The van der Waals surface area contributed by atoms with E-state index in [9.17, 15) is 9.59 Å². The predicted molar refractivity (Wildman–Crippen MR) is 99.7 cm³/mol. The minimum absolute atomic E-state index is 0.0129. The maximum atomic E-state index is 12.9. The van der Waals surface area contributed by atoms with Crippen molar-refractivity contribution in [1.82, 2.24) is 14.4 Å². The van der Waals surface area contributed by atoms with Crippen molar-refractivity contribution in [1.29, 1.82) is 0 Å². The Morgan fingerprint density at radius 3 is 2.52 bits per heavy atom. The second-order valence-electron chi connectivity index (χ2n) is 7.53.